The van der Waals surface area contributed by atoms with E-state index in [-0.39, 0.29) is 0 Å². The summed E-state index contributed by atoms with van der Waals surface area (Å²) < 4.78 is 7.44. The highest BCUT2D eigenvalue weighted by atomic mass is 16.5. The molecule has 0 bridgehead atoms. The number of benzene rings is 1. The summed E-state index contributed by atoms with van der Waals surface area (Å²) in [4.78, 5) is 0. The second-order valence-corrected chi connectivity index (χ2v) is 5.77. The molecule has 6 heteroatoms. The van der Waals surface area contributed by atoms with E-state index in [0.29, 0.717) is 13.2 Å². The van der Waals surface area contributed by atoms with Gasteiger partial charge in [0.2, 0.25) is 0 Å². The quantitative estimate of drug-likeness (QED) is 0.649. The molecule has 2 N–H and O–H groups in total. The Labute approximate surface area is 124 Å². The van der Waals surface area contributed by atoms with Crippen LogP contribution in [0.2, 0.25) is 0 Å². The summed E-state index contributed by atoms with van der Waals surface area (Å²) in [5, 5.41) is 12.0. The van der Waals surface area contributed by atoms with Crippen LogP contribution in [0.15, 0.2) is 12.1 Å². The van der Waals surface area contributed by atoms with Crippen molar-refractivity contribution < 1.29 is 4.74 Å². The molecule has 6 nitrogen and oxygen atoms in total. The van der Waals surface area contributed by atoms with Gasteiger partial charge in [-0.15, -0.1) is 5.10 Å². The Hall–Kier alpha value is -1.95. The number of ether oxygens (including phenoxy) is 1. The van der Waals surface area contributed by atoms with Crippen LogP contribution in [0.3, 0.4) is 0 Å². The number of anilines is 1. The fourth-order valence-electron chi connectivity index (χ4n) is 2.34. The SMILES string of the molecule is Cc1cc(C)c(-c2nnnn2CCOCC2CC2)cc1N. The number of hydrogen-bond acceptors (Lipinski definition) is 5. The van der Waals surface area contributed by atoms with Gasteiger partial charge in [-0.05, 0) is 60.2 Å². The Kier molecular flexibility index (Phi) is 3.88. The van der Waals surface area contributed by atoms with Gasteiger partial charge in [-0.2, -0.15) is 0 Å². The van der Waals surface area contributed by atoms with Crippen molar-refractivity contribution in [1.82, 2.24) is 20.2 Å². The van der Waals surface area contributed by atoms with Gasteiger partial charge in [-0.3, -0.25) is 0 Å². The van der Waals surface area contributed by atoms with Crippen molar-refractivity contribution >= 4 is 5.69 Å². The normalized spacial score (nSPS) is 14.6. The van der Waals surface area contributed by atoms with E-state index in [1.807, 2.05) is 19.9 Å². The summed E-state index contributed by atoms with van der Waals surface area (Å²) in [6.45, 7) is 6.19. The molecule has 3 rings (SSSR count). The smallest absolute Gasteiger partial charge is 0.182 e. The van der Waals surface area contributed by atoms with E-state index in [9.17, 15) is 0 Å². The third-order valence-corrected chi connectivity index (χ3v) is 3.88. The van der Waals surface area contributed by atoms with Crippen LogP contribution in [0.4, 0.5) is 5.69 Å². The molecule has 0 amide bonds. The Morgan fingerprint density at radius 2 is 2.10 bits per heavy atom. The molecule has 1 fully saturated rings. The van der Waals surface area contributed by atoms with Gasteiger partial charge in [0.25, 0.3) is 0 Å². The largest absolute Gasteiger partial charge is 0.398 e. The van der Waals surface area contributed by atoms with Crippen LogP contribution in [0, 0.1) is 19.8 Å². The van der Waals surface area contributed by atoms with Gasteiger partial charge < -0.3 is 10.5 Å². The first-order valence-electron chi connectivity index (χ1n) is 7.36. The molecule has 0 atom stereocenters. The standard InChI is InChI=1S/C15H21N5O/c1-10-7-11(2)14(16)8-13(10)15-17-18-19-20(15)5-6-21-9-12-3-4-12/h7-8,12H,3-6,9,16H2,1-2H3. The van der Waals surface area contributed by atoms with Gasteiger partial charge in [0.1, 0.15) is 0 Å². The summed E-state index contributed by atoms with van der Waals surface area (Å²) in [6, 6.07) is 4.01. The van der Waals surface area contributed by atoms with Crippen molar-refractivity contribution in [1.29, 1.82) is 0 Å². The van der Waals surface area contributed by atoms with E-state index in [1.54, 1.807) is 4.68 Å². The summed E-state index contributed by atoms with van der Waals surface area (Å²) in [5.74, 6) is 1.52. The van der Waals surface area contributed by atoms with Gasteiger partial charge in [0, 0.05) is 17.9 Å². The van der Waals surface area contributed by atoms with Crippen LogP contribution in [0.5, 0.6) is 0 Å². The first kappa shape index (κ1) is 14.0. The molecule has 1 heterocycles. The lowest BCUT2D eigenvalue weighted by Crippen LogP contribution is -2.11. The molecule has 1 aromatic heterocycles. The molecule has 1 saturated carbocycles. The summed E-state index contributed by atoms with van der Waals surface area (Å²) in [5.41, 5.74) is 9.94. The molecular weight excluding hydrogens is 266 g/mol. The highest BCUT2D eigenvalue weighted by Crippen LogP contribution is 2.29. The van der Waals surface area contributed by atoms with Gasteiger partial charge >= 0.3 is 0 Å². The number of nitrogens with zero attached hydrogens (tertiary/aromatic N) is 4. The number of rotatable bonds is 6. The van der Waals surface area contributed by atoms with E-state index >= 15 is 0 Å². The average molecular weight is 287 g/mol. The van der Waals surface area contributed by atoms with Crippen LogP contribution in [-0.2, 0) is 11.3 Å². The number of aryl methyl sites for hydroxylation is 2. The minimum Gasteiger partial charge on any atom is -0.398 e. The monoisotopic (exact) mass is 287 g/mol. The maximum atomic E-state index is 6.01. The predicted octanol–water partition coefficient (Wildman–Crippen LogP) is 1.97. The first-order valence-corrected chi connectivity index (χ1v) is 7.36. The summed E-state index contributed by atoms with van der Waals surface area (Å²) >= 11 is 0. The molecular formula is C15H21N5O. The molecule has 0 spiro atoms. The van der Waals surface area contributed by atoms with E-state index in [0.717, 1.165) is 40.7 Å². The molecule has 0 saturated heterocycles. The van der Waals surface area contributed by atoms with Crippen molar-refractivity contribution in [3.8, 4) is 11.4 Å². The fourth-order valence-corrected chi connectivity index (χ4v) is 2.34. The second kappa shape index (κ2) is 5.81. The topological polar surface area (TPSA) is 78.8 Å². The van der Waals surface area contributed by atoms with E-state index < -0.39 is 0 Å². The Balaban J connectivity index is 1.73. The molecule has 2 aromatic rings. The maximum absolute atomic E-state index is 6.01. The number of nitrogen functional groups attached to an aromatic ring is 1. The third kappa shape index (κ3) is 3.21. The van der Waals surface area contributed by atoms with Crippen LogP contribution in [0.1, 0.15) is 24.0 Å². The van der Waals surface area contributed by atoms with Crippen molar-refractivity contribution in [2.24, 2.45) is 5.92 Å². The highest BCUT2D eigenvalue weighted by Gasteiger charge is 2.21. The van der Waals surface area contributed by atoms with Crippen LogP contribution in [0.25, 0.3) is 11.4 Å². The first-order chi connectivity index (χ1) is 10.1. The van der Waals surface area contributed by atoms with Gasteiger partial charge in [-0.25, -0.2) is 4.68 Å². The van der Waals surface area contributed by atoms with E-state index in [4.69, 9.17) is 10.5 Å². The van der Waals surface area contributed by atoms with Crippen LogP contribution >= 0.6 is 0 Å². The van der Waals surface area contributed by atoms with E-state index in [1.165, 1.54) is 12.8 Å². The molecule has 0 radical (unpaired) electrons. The molecule has 1 aliphatic carbocycles. The molecule has 112 valence electrons. The minimum atomic E-state index is 0.634. The zero-order chi connectivity index (χ0) is 14.8. The van der Waals surface area contributed by atoms with E-state index in [2.05, 4.69) is 21.6 Å². The zero-order valence-corrected chi connectivity index (χ0v) is 12.5. The van der Waals surface area contributed by atoms with Crippen LogP contribution in [-0.4, -0.2) is 33.4 Å². The average Bonchev–Trinajstić information content (AvgIpc) is 3.16. The number of hydrogen-bond donors (Lipinski definition) is 1. The lowest BCUT2D eigenvalue weighted by atomic mass is 10.0. The molecule has 0 aliphatic heterocycles. The highest BCUT2D eigenvalue weighted by molar-refractivity contribution is 5.67. The van der Waals surface area contributed by atoms with Crippen molar-refractivity contribution in [2.45, 2.75) is 33.2 Å². The van der Waals surface area contributed by atoms with Gasteiger partial charge in [0.15, 0.2) is 5.82 Å². The van der Waals surface area contributed by atoms with Gasteiger partial charge in [0.05, 0.1) is 13.2 Å². The minimum absolute atomic E-state index is 0.634. The van der Waals surface area contributed by atoms with Crippen molar-refractivity contribution in [3.05, 3.63) is 23.3 Å². The summed E-state index contributed by atoms with van der Waals surface area (Å²) in [7, 11) is 0. The predicted molar refractivity (Wildman–Crippen MR) is 80.7 cm³/mol. The molecule has 0 unspecified atom stereocenters. The lowest BCUT2D eigenvalue weighted by Gasteiger charge is -2.10. The Morgan fingerprint density at radius 3 is 2.86 bits per heavy atom. The third-order valence-electron chi connectivity index (χ3n) is 3.88. The zero-order valence-electron chi connectivity index (χ0n) is 12.5. The lowest BCUT2D eigenvalue weighted by molar-refractivity contribution is 0.114. The Bertz CT molecular complexity index is 633. The maximum Gasteiger partial charge on any atom is 0.182 e. The number of aromatic nitrogens is 4. The van der Waals surface area contributed by atoms with Crippen molar-refractivity contribution in [3.63, 3.8) is 0 Å². The van der Waals surface area contributed by atoms with Crippen molar-refractivity contribution in [2.75, 3.05) is 18.9 Å². The second-order valence-electron chi connectivity index (χ2n) is 5.77. The fraction of sp³-hybridized carbons (Fsp3) is 0.533. The number of tetrazole rings is 1. The summed E-state index contributed by atoms with van der Waals surface area (Å²) in [6.07, 6.45) is 2.61. The Morgan fingerprint density at radius 1 is 1.29 bits per heavy atom. The molecule has 1 aromatic carbocycles. The van der Waals surface area contributed by atoms with Gasteiger partial charge in [-0.1, -0.05) is 6.07 Å². The van der Waals surface area contributed by atoms with Crippen LogP contribution < -0.4 is 5.73 Å². The number of nitrogens with two attached hydrogens (primary N) is 1. The molecule has 21 heavy (non-hydrogen) atoms. The molecule has 1 aliphatic rings.